The second-order valence-corrected chi connectivity index (χ2v) is 4.77. The van der Waals surface area contributed by atoms with E-state index in [2.05, 4.69) is 29.7 Å². The Kier molecular flexibility index (Phi) is 4.14. The fraction of sp³-hybridized carbons (Fsp3) is 0.467. The zero-order valence-corrected chi connectivity index (χ0v) is 12.1. The molecule has 1 aliphatic heterocycles. The molecular formula is C15H19N3O2. The molecule has 0 aliphatic carbocycles. The molecule has 1 heterocycles. The molecule has 0 spiro atoms. The van der Waals surface area contributed by atoms with Gasteiger partial charge in [0.1, 0.15) is 6.61 Å². The Morgan fingerprint density at radius 1 is 1.40 bits per heavy atom. The van der Waals surface area contributed by atoms with Crippen LogP contribution in [0.3, 0.4) is 0 Å². The van der Waals surface area contributed by atoms with Gasteiger partial charge in [-0.1, -0.05) is 0 Å². The smallest absolute Gasteiger partial charge is 0.302 e. The second kappa shape index (κ2) is 5.83. The van der Waals surface area contributed by atoms with Crippen molar-refractivity contribution in [2.24, 2.45) is 0 Å². The largest absolute Gasteiger partial charge is 0.464 e. The summed E-state index contributed by atoms with van der Waals surface area (Å²) in [5, 5.41) is 9.04. The van der Waals surface area contributed by atoms with Crippen molar-refractivity contribution in [1.29, 1.82) is 5.26 Å². The Morgan fingerprint density at radius 3 is 2.75 bits per heavy atom. The minimum atomic E-state index is -0.268. The highest BCUT2D eigenvalue weighted by Gasteiger charge is 2.31. The Bertz CT molecular complexity index is 551. The van der Waals surface area contributed by atoms with E-state index in [1.807, 2.05) is 18.2 Å². The summed E-state index contributed by atoms with van der Waals surface area (Å²) in [6.45, 7) is 7.50. The Labute approximate surface area is 119 Å². The molecule has 0 N–H and O–H groups in total. The van der Waals surface area contributed by atoms with E-state index in [4.69, 9.17) is 10.00 Å². The molecule has 1 aromatic carbocycles. The number of hydrogen-bond donors (Lipinski definition) is 0. The summed E-state index contributed by atoms with van der Waals surface area (Å²) in [7, 11) is 0. The van der Waals surface area contributed by atoms with E-state index in [0.29, 0.717) is 18.7 Å². The summed E-state index contributed by atoms with van der Waals surface area (Å²) in [5.41, 5.74) is 2.80. The van der Waals surface area contributed by atoms with Gasteiger partial charge in [-0.25, -0.2) is 0 Å². The lowest BCUT2D eigenvalue weighted by atomic mass is 10.2. The van der Waals surface area contributed by atoms with Gasteiger partial charge in [0, 0.05) is 13.5 Å². The van der Waals surface area contributed by atoms with E-state index in [1.54, 1.807) is 0 Å². The third-order valence-corrected chi connectivity index (χ3v) is 3.60. The van der Waals surface area contributed by atoms with Gasteiger partial charge >= 0.3 is 5.97 Å². The quantitative estimate of drug-likeness (QED) is 0.786. The average Bonchev–Trinajstić information content (AvgIpc) is 2.70. The minimum Gasteiger partial charge on any atom is -0.464 e. The zero-order valence-electron chi connectivity index (χ0n) is 12.1. The SMILES string of the molecule is CCN1c2ccc(C#N)cc2N(CCOC(C)=O)C1C. The number of nitrogens with zero attached hydrogens (tertiary/aromatic N) is 3. The normalized spacial score (nSPS) is 16.8. The number of nitriles is 1. The van der Waals surface area contributed by atoms with Gasteiger partial charge in [-0.05, 0) is 32.0 Å². The molecule has 0 radical (unpaired) electrons. The van der Waals surface area contributed by atoms with Gasteiger partial charge in [-0.2, -0.15) is 5.26 Å². The van der Waals surface area contributed by atoms with E-state index < -0.39 is 0 Å². The Hall–Kier alpha value is -2.22. The van der Waals surface area contributed by atoms with Crippen LogP contribution < -0.4 is 9.80 Å². The highest BCUT2D eigenvalue weighted by atomic mass is 16.5. The number of benzene rings is 1. The van der Waals surface area contributed by atoms with Gasteiger partial charge in [-0.3, -0.25) is 4.79 Å². The van der Waals surface area contributed by atoms with Crippen LogP contribution in [-0.2, 0) is 9.53 Å². The lowest BCUT2D eigenvalue weighted by Gasteiger charge is -2.29. The van der Waals surface area contributed by atoms with Crippen molar-refractivity contribution in [2.75, 3.05) is 29.5 Å². The third-order valence-electron chi connectivity index (χ3n) is 3.60. The fourth-order valence-corrected chi connectivity index (χ4v) is 2.67. The molecule has 1 aromatic rings. The van der Waals surface area contributed by atoms with Crippen molar-refractivity contribution in [3.05, 3.63) is 23.8 Å². The molecule has 106 valence electrons. The van der Waals surface area contributed by atoms with Gasteiger partial charge in [0.2, 0.25) is 0 Å². The first-order valence-corrected chi connectivity index (χ1v) is 6.79. The predicted molar refractivity (Wildman–Crippen MR) is 77.6 cm³/mol. The molecular weight excluding hydrogens is 254 g/mol. The topological polar surface area (TPSA) is 56.6 Å². The highest BCUT2D eigenvalue weighted by Crippen LogP contribution is 2.39. The van der Waals surface area contributed by atoms with E-state index in [9.17, 15) is 4.79 Å². The number of rotatable bonds is 4. The zero-order chi connectivity index (χ0) is 14.7. The van der Waals surface area contributed by atoms with Crippen molar-refractivity contribution in [3.63, 3.8) is 0 Å². The summed E-state index contributed by atoms with van der Waals surface area (Å²) < 4.78 is 5.03. The first-order valence-electron chi connectivity index (χ1n) is 6.79. The van der Waals surface area contributed by atoms with Crippen LogP contribution in [0.2, 0.25) is 0 Å². The molecule has 0 fully saturated rings. The summed E-state index contributed by atoms with van der Waals surface area (Å²) >= 11 is 0. The molecule has 1 atom stereocenters. The Balaban J connectivity index is 2.25. The van der Waals surface area contributed by atoms with Crippen LogP contribution >= 0.6 is 0 Å². The van der Waals surface area contributed by atoms with Crippen LogP contribution in [0.1, 0.15) is 26.3 Å². The first kappa shape index (κ1) is 14.2. The molecule has 0 saturated carbocycles. The lowest BCUT2D eigenvalue weighted by molar-refractivity contribution is -0.140. The molecule has 5 heteroatoms. The highest BCUT2D eigenvalue weighted by molar-refractivity contribution is 5.79. The summed E-state index contributed by atoms with van der Waals surface area (Å²) in [5.74, 6) is -0.268. The Morgan fingerprint density at radius 2 is 2.15 bits per heavy atom. The number of ether oxygens (including phenoxy) is 1. The molecule has 20 heavy (non-hydrogen) atoms. The minimum absolute atomic E-state index is 0.194. The molecule has 1 aliphatic rings. The predicted octanol–water partition coefficient (Wildman–Crippen LogP) is 2.11. The number of carbonyl (C=O) groups excluding carboxylic acids is 1. The van der Waals surface area contributed by atoms with Crippen molar-refractivity contribution in [3.8, 4) is 6.07 Å². The van der Waals surface area contributed by atoms with Crippen LogP contribution in [0.25, 0.3) is 0 Å². The molecule has 2 rings (SSSR count). The number of anilines is 2. The number of fused-ring (bicyclic) bond motifs is 1. The van der Waals surface area contributed by atoms with Crippen molar-refractivity contribution in [2.45, 2.75) is 26.9 Å². The van der Waals surface area contributed by atoms with Crippen LogP contribution in [0.5, 0.6) is 0 Å². The van der Waals surface area contributed by atoms with Crippen LogP contribution in [0, 0.1) is 11.3 Å². The number of esters is 1. The van der Waals surface area contributed by atoms with Crippen LogP contribution in [0.4, 0.5) is 11.4 Å². The summed E-state index contributed by atoms with van der Waals surface area (Å²) in [6.07, 6.45) is 0.194. The van der Waals surface area contributed by atoms with Crippen LogP contribution in [-0.4, -0.2) is 31.8 Å². The van der Waals surface area contributed by atoms with E-state index >= 15 is 0 Å². The van der Waals surface area contributed by atoms with E-state index in [0.717, 1.165) is 17.9 Å². The van der Waals surface area contributed by atoms with Crippen molar-refractivity contribution in [1.82, 2.24) is 0 Å². The number of hydrogen-bond acceptors (Lipinski definition) is 5. The lowest BCUT2D eigenvalue weighted by Crippen LogP contribution is -2.42. The van der Waals surface area contributed by atoms with Gasteiger partial charge < -0.3 is 14.5 Å². The van der Waals surface area contributed by atoms with Crippen molar-refractivity contribution >= 4 is 17.3 Å². The molecule has 5 nitrogen and oxygen atoms in total. The maximum Gasteiger partial charge on any atom is 0.302 e. The van der Waals surface area contributed by atoms with Gasteiger partial charge in [0.25, 0.3) is 0 Å². The summed E-state index contributed by atoms with van der Waals surface area (Å²) in [4.78, 5) is 15.3. The maximum absolute atomic E-state index is 10.9. The second-order valence-electron chi connectivity index (χ2n) is 4.77. The van der Waals surface area contributed by atoms with Crippen LogP contribution in [0.15, 0.2) is 18.2 Å². The molecule has 1 unspecified atom stereocenters. The van der Waals surface area contributed by atoms with Gasteiger partial charge in [-0.15, -0.1) is 0 Å². The van der Waals surface area contributed by atoms with E-state index in [1.165, 1.54) is 6.92 Å². The molecule has 0 bridgehead atoms. The van der Waals surface area contributed by atoms with Crippen molar-refractivity contribution < 1.29 is 9.53 Å². The van der Waals surface area contributed by atoms with E-state index in [-0.39, 0.29) is 12.1 Å². The third kappa shape index (κ3) is 2.55. The fourth-order valence-electron chi connectivity index (χ4n) is 2.67. The summed E-state index contributed by atoms with van der Waals surface area (Å²) in [6, 6.07) is 7.89. The van der Waals surface area contributed by atoms with Gasteiger partial charge in [0.05, 0.1) is 35.7 Å². The average molecular weight is 273 g/mol. The maximum atomic E-state index is 10.9. The number of carbonyl (C=O) groups is 1. The molecule has 0 aromatic heterocycles. The first-order chi connectivity index (χ1) is 9.58. The van der Waals surface area contributed by atoms with Gasteiger partial charge in [0.15, 0.2) is 0 Å². The monoisotopic (exact) mass is 273 g/mol. The molecule has 0 amide bonds. The standard InChI is InChI=1S/C15H19N3O2/c1-4-17-11(2)18(7-8-20-12(3)19)15-9-13(10-16)5-6-14(15)17/h5-6,9,11H,4,7-8H2,1-3H3. The molecule has 0 saturated heterocycles.